The third-order valence-corrected chi connectivity index (χ3v) is 4.40. The molecule has 0 aromatic heterocycles. The van der Waals surface area contributed by atoms with Gasteiger partial charge in [0.1, 0.15) is 0 Å². The normalized spacial score (nSPS) is 20.4. The summed E-state index contributed by atoms with van der Waals surface area (Å²) in [6.07, 6.45) is 1.50. The summed E-state index contributed by atoms with van der Waals surface area (Å²) in [4.78, 5) is 11.9. The van der Waals surface area contributed by atoms with Gasteiger partial charge in [0.2, 0.25) is 0 Å². The molecule has 0 amide bonds. The molecule has 5 nitrogen and oxygen atoms in total. The monoisotopic (exact) mass is 319 g/mol. The quantitative estimate of drug-likeness (QED) is 0.683. The van der Waals surface area contributed by atoms with Crippen LogP contribution in [0.2, 0.25) is 0 Å². The highest BCUT2D eigenvalue weighted by atomic mass is 16.5. The third kappa shape index (κ3) is 3.28. The summed E-state index contributed by atoms with van der Waals surface area (Å²) in [5.74, 6) is 1.19. The number of benzene rings is 1. The molecule has 1 aliphatic heterocycles. The second-order valence-electron chi connectivity index (χ2n) is 6.17. The van der Waals surface area contributed by atoms with Gasteiger partial charge < -0.3 is 19.5 Å². The van der Waals surface area contributed by atoms with Crippen LogP contribution in [0.3, 0.4) is 0 Å². The number of carbonyl (C=O) groups excluding carboxylic acids is 1. The van der Waals surface area contributed by atoms with Crippen LogP contribution in [0, 0.1) is 0 Å². The van der Waals surface area contributed by atoms with Gasteiger partial charge in [-0.05, 0) is 38.5 Å². The Morgan fingerprint density at radius 1 is 1.26 bits per heavy atom. The smallest absolute Gasteiger partial charge is 0.332 e. The number of hydrogen-bond donors (Lipinski definition) is 1. The highest BCUT2D eigenvalue weighted by Crippen LogP contribution is 2.43. The topological polar surface area (TPSA) is 56.8 Å². The molecule has 1 unspecified atom stereocenters. The number of rotatable bonds is 4. The number of hydrogen-bond acceptors (Lipinski definition) is 5. The van der Waals surface area contributed by atoms with E-state index in [1.807, 2.05) is 12.1 Å². The van der Waals surface area contributed by atoms with Crippen molar-refractivity contribution < 1.29 is 19.0 Å². The van der Waals surface area contributed by atoms with Crippen molar-refractivity contribution in [1.82, 2.24) is 5.32 Å². The van der Waals surface area contributed by atoms with Crippen LogP contribution >= 0.6 is 0 Å². The van der Waals surface area contributed by atoms with E-state index in [-0.39, 0.29) is 17.4 Å². The predicted octanol–water partition coefficient (Wildman–Crippen LogP) is 3.09. The highest BCUT2D eigenvalue weighted by molar-refractivity contribution is 5.92. The first-order chi connectivity index (χ1) is 10.8. The maximum absolute atomic E-state index is 11.9. The zero-order valence-electron chi connectivity index (χ0n) is 14.6. The van der Waals surface area contributed by atoms with Crippen molar-refractivity contribution in [3.8, 4) is 11.5 Å². The fraction of sp³-hybridized carbons (Fsp3) is 0.500. The molecule has 5 heteroatoms. The summed E-state index contributed by atoms with van der Waals surface area (Å²) in [5.41, 5.74) is 2.58. The molecule has 0 radical (unpaired) electrons. The minimum absolute atomic E-state index is 0.203. The lowest BCUT2D eigenvalue weighted by Gasteiger charge is -2.41. The molecular weight excluding hydrogens is 294 g/mol. The molecule has 0 aliphatic carbocycles. The van der Waals surface area contributed by atoms with E-state index in [4.69, 9.17) is 14.2 Å². The van der Waals surface area contributed by atoms with Crippen molar-refractivity contribution >= 4 is 11.7 Å². The van der Waals surface area contributed by atoms with Crippen molar-refractivity contribution in [2.45, 2.75) is 39.2 Å². The Bertz CT molecular complexity index is 634. The van der Waals surface area contributed by atoms with E-state index < -0.39 is 0 Å². The molecule has 0 bridgehead atoms. The van der Waals surface area contributed by atoms with Gasteiger partial charge in [-0.15, -0.1) is 0 Å². The lowest BCUT2D eigenvalue weighted by atomic mass is 9.76. The number of methoxy groups -OCH3 is 2. The van der Waals surface area contributed by atoms with Gasteiger partial charge in [0.25, 0.3) is 0 Å². The fourth-order valence-corrected chi connectivity index (χ4v) is 2.81. The number of fused-ring (bicyclic) bond motifs is 1. The molecule has 0 saturated carbocycles. The summed E-state index contributed by atoms with van der Waals surface area (Å²) < 4.78 is 15.9. The SMILES string of the molecule is CCOC(=O)C=C1NC(C)(C)C(C)c2cc(OC)c(OC)cc21. The van der Waals surface area contributed by atoms with Crippen molar-refractivity contribution in [1.29, 1.82) is 0 Å². The minimum Gasteiger partial charge on any atom is -0.493 e. The minimum atomic E-state index is -0.360. The Kier molecular flexibility index (Phi) is 4.88. The summed E-state index contributed by atoms with van der Waals surface area (Å²) in [7, 11) is 3.22. The van der Waals surface area contributed by atoms with Crippen molar-refractivity contribution in [3.63, 3.8) is 0 Å². The average molecular weight is 319 g/mol. The Hall–Kier alpha value is -2.17. The Morgan fingerprint density at radius 3 is 2.43 bits per heavy atom. The van der Waals surface area contributed by atoms with Gasteiger partial charge in [0, 0.05) is 28.8 Å². The van der Waals surface area contributed by atoms with Gasteiger partial charge in [-0.25, -0.2) is 4.79 Å². The highest BCUT2D eigenvalue weighted by Gasteiger charge is 2.36. The summed E-state index contributed by atoms with van der Waals surface area (Å²) in [5, 5.41) is 3.44. The number of carbonyl (C=O) groups is 1. The van der Waals surface area contributed by atoms with Crippen molar-refractivity contribution in [3.05, 3.63) is 29.3 Å². The lowest BCUT2D eigenvalue weighted by molar-refractivity contribution is -0.137. The van der Waals surface area contributed by atoms with E-state index in [9.17, 15) is 4.79 Å². The molecule has 23 heavy (non-hydrogen) atoms. The number of ether oxygens (including phenoxy) is 3. The molecule has 1 aromatic rings. The zero-order chi connectivity index (χ0) is 17.2. The molecule has 1 heterocycles. The van der Waals surface area contributed by atoms with E-state index in [0.29, 0.717) is 18.1 Å². The van der Waals surface area contributed by atoms with E-state index in [1.165, 1.54) is 6.08 Å². The maximum Gasteiger partial charge on any atom is 0.332 e. The molecule has 0 spiro atoms. The first-order valence-electron chi connectivity index (χ1n) is 7.77. The second-order valence-corrected chi connectivity index (χ2v) is 6.17. The standard InChI is InChI=1S/C18H25NO4/c1-7-23-17(20)10-14-13-9-16(22-6)15(21-5)8-12(13)11(2)18(3,4)19-14/h8-11,19H,7H2,1-6H3. The lowest BCUT2D eigenvalue weighted by Crippen LogP contribution is -2.46. The average Bonchev–Trinajstić information content (AvgIpc) is 2.51. The van der Waals surface area contributed by atoms with Gasteiger partial charge >= 0.3 is 5.97 Å². The van der Waals surface area contributed by atoms with Crippen LogP contribution in [0.5, 0.6) is 11.5 Å². The summed E-state index contributed by atoms with van der Waals surface area (Å²) >= 11 is 0. The molecule has 0 saturated heterocycles. The Balaban J connectivity index is 2.61. The van der Waals surface area contributed by atoms with E-state index in [0.717, 1.165) is 16.8 Å². The Morgan fingerprint density at radius 2 is 1.87 bits per heavy atom. The first-order valence-corrected chi connectivity index (χ1v) is 7.77. The summed E-state index contributed by atoms with van der Waals surface area (Å²) in [6, 6.07) is 3.89. The van der Waals surface area contributed by atoms with Crippen LogP contribution in [0.25, 0.3) is 5.70 Å². The first kappa shape index (κ1) is 17.2. The number of nitrogens with one attached hydrogen (secondary N) is 1. The molecule has 1 aromatic carbocycles. The predicted molar refractivity (Wildman–Crippen MR) is 89.8 cm³/mol. The van der Waals surface area contributed by atoms with Gasteiger partial charge in [0.15, 0.2) is 11.5 Å². The molecule has 1 N–H and O–H groups in total. The van der Waals surface area contributed by atoms with Gasteiger partial charge in [-0.1, -0.05) is 6.92 Å². The van der Waals surface area contributed by atoms with Crippen LogP contribution in [0.15, 0.2) is 18.2 Å². The van der Waals surface area contributed by atoms with Crippen LogP contribution in [-0.4, -0.2) is 32.3 Å². The molecule has 1 aliphatic rings. The largest absolute Gasteiger partial charge is 0.493 e. The molecule has 1 atom stereocenters. The molecular formula is C18H25NO4. The van der Waals surface area contributed by atoms with Gasteiger partial charge in [0.05, 0.1) is 20.8 Å². The molecule has 0 fully saturated rings. The van der Waals surface area contributed by atoms with Gasteiger partial charge in [-0.2, -0.15) is 0 Å². The van der Waals surface area contributed by atoms with Crippen LogP contribution in [0.4, 0.5) is 0 Å². The molecule has 2 rings (SSSR count). The second kappa shape index (κ2) is 6.52. The maximum atomic E-state index is 11.9. The fourth-order valence-electron chi connectivity index (χ4n) is 2.81. The van der Waals surface area contributed by atoms with Crippen molar-refractivity contribution in [2.75, 3.05) is 20.8 Å². The molecule has 126 valence electrons. The zero-order valence-corrected chi connectivity index (χ0v) is 14.6. The summed E-state index contributed by atoms with van der Waals surface area (Å²) in [6.45, 7) is 8.51. The van der Waals surface area contributed by atoms with E-state index >= 15 is 0 Å². The van der Waals surface area contributed by atoms with Crippen LogP contribution in [0.1, 0.15) is 44.7 Å². The Labute approximate surface area is 137 Å². The third-order valence-electron chi connectivity index (χ3n) is 4.40. The van der Waals surface area contributed by atoms with Crippen molar-refractivity contribution in [2.24, 2.45) is 0 Å². The van der Waals surface area contributed by atoms with E-state index in [1.54, 1.807) is 21.1 Å². The van der Waals surface area contributed by atoms with Crippen LogP contribution < -0.4 is 14.8 Å². The number of esters is 1. The van der Waals surface area contributed by atoms with E-state index in [2.05, 4.69) is 26.1 Å². The van der Waals surface area contributed by atoms with Gasteiger partial charge in [-0.3, -0.25) is 0 Å². The van der Waals surface area contributed by atoms with Crippen LogP contribution in [-0.2, 0) is 9.53 Å².